The van der Waals surface area contributed by atoms with Crippen LogP contribution in [0.1, 0.15) is 40.1 Å². The molecule has 5 aromatic rings. The zero-order valence-corrected chi connectivity index (χ0v) is 22.2. The first-order valence-corrected chi connectivity index (χ1v) is 12.7. The molecule has 0 spiro atoms. The Bertz CT molecular complexity index is 1740. The lowest BCUT2D eigenvalue weighted by Gasteiger charge is -2.17. The molecule has 1 N–H and O–H groups in total. The van der Waals surface area contributed by atoms with Gasteiger partial charge in [0, 0.05) is 24.2 Å². The average Bonchev–Trinajstić information content (AvgIpc) is 3.34. The van der Waals surface area contributed by atoms with Gasteiger partial charge in [-0.1, -0.05) is 24.3 Å². The summed E-state index contributed by atoms with van der Waals surface area (Å²) in [6.45, 7) is 4.94. The van der Waals surface area contributed by atoms with Gasteiger partial charge in [0.15, 0.2) is 5.82 Å². The van der Waals surface area contributed by atoms with Crippen molar-refractivity contribution in [2.45, 2.75) is 20.8 Å². The fourth-order valence-electron chi connectivity index (χ4n) is 4.42. The summed E-state index contributed by atoms with van der Waals surface area (Å²) in [6.07, 6.45) is 1.68. The maximum Gasteiger partial charge on any atom is 0.338 e. The molecule has 2 heterocycles. The monoisotopic (exact) mass is 534 g/mol. The molecule has 2 aromatic heterocycles. The third kappa shape index (κ3) is 5.17. The first kappa shape index (κ1) is 26.3. The van der Waals surface area contributed by atoms with Crippen LogP contribution in [-0.2, 0) is 9.53 Å². The first-order chi connectivity index (χ1) is 19.4. The number of carbonyl (C=O) groups excluding carboxylic acids is 3. The van der Waals surface area contributed by atoms with Crippen LogP contribution in [0.25, 0.3) is 28.2 Å². The molecule has 0 unspecified atom stereocenters. The van der Waals surface area contributed by atoms with E-state index in [-0.39, 0.29) is 12.2 Å². The van der Waals surface area contributed by atoms with Gasteiger partial charge in [-0.2, -0.15) is 0 Å². The Morgan fingerprint density at radius 2 is 1.75 bits per heavy atom. The quantitative estimate of drug-likeness (QED) is 0.209. The number of imidazole rings is 1. The lowest BCUT2D eigenvalue weighted by Crippen LogP contribution is -2.17. The number of anilines is 1. The molecule has 3 aromatic carbocycles. The minimum atomic E-state index is -0.516. The topological polar surface area (TPSA) is 112 Å². The number of carbonyl (C=O) groups is 3. The highest BCUT2D eigenvalue weighted by molar-refractivity contribution is 6.07. The van der Waals surface area contributed by atoms with Crippen LogP contribution < -0.4 is 10.1 Å². The summed E-state index contributed by atoms with van der Waals surface area (Å²) in [5.74, 6) is -0.595. The lowest BCUT2D eigenvalue weighted by atomic mass is 10.1. The highest BCUT2D eigenvalue weighted by atomic mass is 16.5. The first-order valence-electron chi connectivity index (χ1n) is 12.7. The molecular formula is C31H26N4O5. The van der Waals surface area contributed by atoms with E-state index in [4.69, 9.17) is 14.5 Å². The predicted octanol–water partition coefficient (Wildman–Crippen LogP) is 5.75. The van der Waals surface area contributed by atoms with Gasteiger partial charge >= 0.3 is 11.9 Å². The number of esters is 2. The van der Waals surface area contributed by atoms with Crippen molar-refractivity contribution >= 4 is 34.6 Å². The number of rotatable bonds is 7. The smallest absolute Gasteiger partial charge is 0.338 e. The number of fused-ring (bicyclic) bond motifs is 1. The van der Waals surface area contributed by atoms with Gasteiger partial charge in [0.1, 0.15) is 11.4 Å². The summed E-state index contributed by atoms with van der Waals surface area (Å²) in [5, 5.41) is 2.96. The van der Waals surface area contributed by atoms with E-state index in [0.29, 0.717) is 39.8 Å². The van der Waals surface area contributed by atoms with Crippen molar-refractivity contribution in [2.24, 2.45) is 0 Å². The minimum Gasteiger partial charge on any atom is -0.462 e. The molecule has 9 heteroatoms. The van der Waals surface area contributed by atoms with Crippen LogP contribution in [0.5, 0.6) is 5.75 Å². The molecule has 0 saturated carbocycles. The van der Waals surface area contributed by atoms with Crippen LogP contribution in [0.2, 0.25) is 0 Å². The summed E-state index contributed by atoms with van der Waals surface area (Å²) in [4.78, 5) is 47.1. The molecule has 5 rings (SSSR count). The largest absolute Gasteiger partial charge is 0.462 e. The summed E-state index contributed by atoms with van der Waals surface area (Å²) in [5.41, 5.74) is 4.17. The summed E-state index contributed by atoms with van der Waals surface area (Å²) >= 11 is 0. The highest BCUT2D eigenvalue weighted by Crippen LogP contribution is 2.33. The van der Waals surface area contributed by atoms with Crippen molar-refractivity contribution in [2.75, 3.05) is 11.9 Å². The molecule has 1 amide bonds. The number of nitrogens with zero attached hydrogens (tertiary/aromatic N) is 3. The maximum absolute atomic E-state index is 13.6. The minimum absolute atomic E-state index is 0.209. The van der Waals surface area contributed by atoms with Crippen LogP contribution in [-0.4, -0.2) is 39.0 Å². The van der Waals surface area contributed by atoms with E-state index in [1.54, 1.807) is 56.4 Å². The number of nitrogens with one attached hydrogen (secondary N) is 1. The molecule has 0 saturated heterocycles. The molecular weight excluding hydrogens is 508 g/mol. The molecule has 0 aliphatic heterocycles. The number of hydrogen-bond donors (Lipinski definition) is 1. The van der Waals surface area contributed by atoms with Gasteiger partial charge in [-0.15, -0.1) is 0 Å². The van der Waals surface area contributed by atoms with Gasteiger partial charge in [-0.3, -0.25) is 19.1 Å². The summed E-state index contributed by atoms with van der Waals surface area (Å²) < 4.78 is 12.4. The molecule has 0 aliphatic rings. The normalized spacial score (nSPS) is 10.8. The number of aromatic nitrogens is 3. The second-order valence-corrected chi connectivity index (χ2v) is 8.90. The van der Waals surface area contributed by atoms with Crippen LogP contribution in [0.3, 0.4) is 0 Å². The summed E-state index contributed by atoms with van der Waals surface area (Å²) in [6, 6.07) is 23.0. The van der Waals surface area contributed by atoms with E-state index in [2.05, 4.69) is 10.3 Å². The standard InChI is InChI=1S/C31H26N4O5/c1-4-39-31(38)21-15-16-27(25(18-21)34-30(37)22-10-9-14-28(19(22)2)40-20(3)36)35-26-13-6-5-11-23(26)33-29(35)24-12-7-8-17-32-24/h5-18H,4H2,1-3H3,(H,34,37). The fourth-order valence-corrected chi connectivity index (χ4v) is 4.42. The average molecular weight is 535 g/mol. The Balaban J connectivity index is 1.68. The number of para-hydroxylation sites is 2. The van der Waals surface area contributed by atoms with E-state index in [9.17, 15) is 14.4 Å². The Kier molecular flexibility index (Phi) is 7.37. The fraction of sp³-hybridized carbons (Fsp3) is 0.129. The molecule has 0 radical (unpaired) electrons. The van der Waals surface area contributed by atoms with Crippen LogP contribution in [0.15, 0.2) is 85.1 Å². The van der Waals surface area contributed by atoms with E-state index >= 15 is 0 Å². The second-order valence-electron chi connectivity index (χ2n) is 8.90. The third-order valence-corrected chi connectivity index (χ3v) is 6.23. The van der Waals surface area contributed by atoms with Crippen molar-refractivity contribution in [3.63, 3.8) is 0 Å². The Hall–Kier alpha value is -5.31. The Morgan fingerprint density at radius 1 is 0.950 bits per heavy atom. The number of pyridine rings is 1. The maximum atomic E-state index is 13.6. The summed E-state index contributed by atoms with van der Waals surface area (Å²) in [7, 11) is 0. The van der Waals surface area contributed by atoms with Crippen molar-refractivity contribution < 1.29 is 23.9 Å². The molecule has 200 valence electrons. The Morgan fingerprint density at radius 3 is 2.50 bits per heavy atom. The molecule has 0 atom stereocenters. The third-order valence-electron chi connectivity index (χ3n) is 6.23. The van der Waals surface area contributed by atoms with Gasteiger partial charge in [0.25, 0.3) is 5.91 Å². The molecule has 0 bridgehead atoms. The highest BCUT2D eigenvalue weighted by Gasteiger charge is 2.22. The molecule has 40 heavy (non-hydrogen) atoms. The number of hydrogen-bond acceptors (Lipinski definition) is 7. The lowest BCUT2D eigenvalue weighted by molar-refractivity contribution is -0.131. The molecule has 9 nitrogen and oxygen atoms in total. The van der Waals surface area contributed by atoms with Crippen LogP contribution in [0, 0.1) is 6.92 Å². The van der Waals surface area contributed by atoms with Gasteiger partial charge < -0.3 is 14.8 Å². The van der Waals surface area contributed by atoms with E-state index in [0.717, 1.165) is 11.0 Å². The van der Waals surface area contributed by atoms with E-state index in [1.807, 2.05) is 47.0 Å². The number of ether oxygens (including phenoxy) is 2. The van der Waals surface area contributed by atoms with E-state index in [1.165, 1.54) is 6.92 Å². The molecule has 0 fully saturated rings. The van der Waals surface area contributed by atoms with Gasteiger partial charge in [-0.25, -0.2) is 9.78 Å². The Labute approximate surface area is 230 Å². The zero-order chi connectivity index (χ0) is 28.2. The van der Waals surface area contributed by atoms with Crippen molar-refractivity contribution in [3.05, 3.63) is 102 Å². The van der Waals surface area contributed by atoms with Gasteiger partial charge in [0.2, 0.25) is 0 Å². The van der Waals surface area contributed by atoms with Crippen molar-refractivity contribution in [1.29, 1.82) is 0 Å². The van der Waals surface area contributed by atoms with Gasteiger partial charge in [0.05, 0.1) is 34.6 Å². The molecule has 0 aliphatic carbocycles. The van der Waals surface area contributed by atoms with E-state index < -0.39 is 17.8 Å². The second kappa shape index (κ2) is 11.2. The SMILES string of the molecule is CCOC(=O)c1ccc(-n2c(-c3ccccn3)nc3ccccc32)c(NC(=O)c2cccc(OC(C)=O)c2C)c1. The van der Waals surface area contributed by atoms with Crippen LogP contribution in [0.4, 0.5) is 5.69 Å². The van der Waals surface area contributed by atoms with Crippen LogP contribution >= 0.6 is 0 Å². The zero-order valence-electron chi connectivity index (χ0n) is 22.2. The number of benzene rings is 3. The van der Waals surface area contributed by atoms with Crippen molar-refractivity contribution in [3.8, 4) is 23.0 Å². The number of amides is 1. The van der Waals surface area contributed by atoms with Gasteiger partial charge in [-0.05, 0) is 68.4 Å². The predicted molar refractivity (Wildman–Crippen MR) is 151 cm³/mol. The van der Waals surface area contributed by atoms with Crippen molar-refractivity contribution in [1.82, 2.24) is 14.5 Å².